The van der Waals surface area contributed by atoms with E-state index in [1.165, 1.54) is 12.8 Å². The Kier molecular flexibility index (Phi) is 6.32. The summed E-state index contributed by atoms with van der Waals surface area (Å²) in [5.74, 6) is 0.740. The molecule has 1 N–H and O–H groups in total. The van der Waals surface area contributed by atoms with Crippen molar-refractivity contribution in [3.05, 3.63) is 0 Å². The summed E-state index contributed by atoms with van der Waals surface area (Å²) in [6, 6.07) is 0. The molecule has 1 heterocycles. The van der Waals surface area contributed by atoms with Gasteiger partial charge in [0.2, 0.25) is 0 Å². The van der Waals surface area contributed by atoms with Gasteiger partial charge in [0, 0.05) is 19.6 Å². The summed E-state index contributed by atoms with van der Waals surface area (Å²) in [6.45, 7) is 11.0. The first kappa shape index (κ1) is 13.9. The van der Waals surface area contributed by atoms with Crippen LogP contribution in [0.3, 0.4) is 0 Å². The van der Waals surface area contributed by atoms with Crippen molar-refractivity contribution < 1.29 is 4.74 Å². The minimum Gasteiger partial charge on any atom is -0.374 e. The summed E-state index contributed by atoms with van der Waals surface area (Å²) in [4.78, 5) is 2.37. The lowest BCUT2D eigenvalue weighted by Gasteiger charge is -2.21. The van der Waals surface area contributed by atoms with Gasteiger partial charge in [-0.25, -0.2) is 0 Å². The van der Waals surface area contributed by atoms with E-state index in [1.54, 1.807) is 0 Å². The Bertz CT molecular complexity index is 185. The zero-order valence-electron chi connectivity index (χ0n) is 11.3. The first-order chi connectivity index (χ1) is 7.58. The van der Waals surface area contributed by atoms with Gasteiger partial charge in [0.25, 0.3) is 0 Å². The third kappa shape index (κ3) is 5.83. The van der Waals surface area contributed by atoms with E-state index >= 15 is 0 Å². The average Bonchev–Trinajstić information content (AvgIpc) is 2.58. The highest BCUT2D eigenvalue weighted by atomic mass is 16.5. The van der Waals surface area contributed by atoms with Crippen LogP contribution in [0.1, 0.15) is 33.6 Å². The molecule has 0 aliphatic carbocycles. The van der Waals surface area contributed by atoms with Crippen LogP contribution >= 0.6 is 0 Å². The predicted molar refractivity (Wildman–Crippen MR) is 68.8 cm³/mol. The molecule has 3 heteroatoms. The summed E-state index contributed by atoms with van der Waals surface area (Å²) in [5.41, 5.74) is 0. The van der Waals surface area contributed by atoms with Crippen molar-refractivity contribution in [2.45, 2.75) is 45.8 Å². The molecule has 1 rings (SSSR count). The molecule has 2 unspecified atom stereocenters. The Morgan fingerprint density at radius 3 is 2.69 bits per heavy atom. The normalized spacial score (nSPS) is 25.9. The van der Waals surface area contributed by atoms with Crippen LogP contribution in [0.25, 0.3) is 0 Å². The number of likely N-dealkylation sites (N-methyl/N-ethyl adjacent to an activating group) is 1. The summed E-state index contributed by atoms with van der Waals surface area (Å²) in [5, 5.41) is 3.47. The van der Waals surface area contributed by atoms with E-state index in [2.05, 4.69) is 38.0 Å². The Labute approximate surface area is 101 Å². The summed E-state index contributed by atoms with van der Waals surface area (Å²) in [7, 11) is 2.18. The van der Waals surface area contributed by atoms with Gasteiger partial charge in [-0.05, 0) is 39.3 Å². The monoisotopic (exact) mass is 228 g/mol. The quantitative estimate of drug-likeness (QED) is 0.672. The van der Waals surface area contributed by atoms with Crippen LogP contribution in [-0.2, 0) is 4.74 Å². The molecule has 0 saturated carbocycles. The van der Waals surface area contributed by atoms with Crippen LogP contribution in [0.15, 0.2) is 0 Å². The smallest absolute Gasteiger partial charge is 0.0706 e. The molecular formula is C13H28N2O. The second-order valence-electron chi connectivity index (χ2n) is 5.51. The molecule has 0 bridgehead atoms. The fourth-order valence-electron chi connectivity index (χ4n) is 2.12. The van der Waals surface area contributed by atoms with E-state index in [-0.39, 0.29) is 0 Å². The van der Waals surface area contributed by atoms with E-state index in [0.29, 0.717) is 12.2 Å². The van der Waals surface area contributed by atoms with Gasteiger partial charge in [-0.3, -0.25) is 0 Å². The first-order valence-electron chi connectivity index (χ1n) is 6.62. The van der Waals surface area contributed by atoms with Crippen molar-refractivity contribution in [3.8, 4) is 0 Å². The highest BCUT2D eigenvalue weighted by Crippen LogP contribution is 2.19. The number of nitrogens with zero attached hydrogens (tertiary/aromatic N) is 1. The van der Waals surface area contributed by atoms with Crippen molar-refractivity contribution in [1.82, 2.24) is 10.2 Å². The number of nitrogens with one attached hydrogen (secondary N) is 1. The second kappa shape index (κ2) is 7.25. The molecule has 2 atom stereocenters. The van der Waals surface area contributed by atoms with Crippen molar-refractivity contribution in [2.24, 2.45) is 5.92 Å². The molecule has 0 radical (unpaired) electrons. The molecule has 0 aromatic carbocycles. The maximum absolute atomic E-state index is 5.81. The largest absolute Gasteiger partial charge is 0.374 e. The molecule has 16 heavy (non-hydrogen) atoms. The van der Waals surface area contributed by atoms with Gasteiger partial charge in [0.15, 0.2) is 0 Å². The molecule has 0 aromatic rings. The summed E-state index contributed by atoms with van der Waals surface area (Å²) < 4.78 is 5.81. The van der Waals surface area contributed by atoms with Gasteiger partial charge in [0.1, 0.15) is 0 Å². The standard InChI is InChI=1S/C13H28N2O/c1-11(2)9-14-7-8-15(4)10-13-6-5-12(3)16-13/h11-14H,5-10H2,1-4H3. The molecule has 1 fully saturated rings. The van der Waals surface area contributed by atoms with E-state index in [0.717, 1.165) is 32.1 Å². The molecule has 0 spiro atoms. The molecule has 0 aromatic heterocycles. The van der Waals surface area contributed by atoms with Gasteiger partial charge >= 0.3 is 0 Å². The minimum absolute atomic E-state index is 0.463. The molecule has 96 valence electrons. The van der Waals surface area contributed by atoms with Gasteiger partial charge in [-0.1, -0.05) is 13.8 Å². The van der Waals surface area contributed by atoms with E-state index in [1.807, 2.05) is 0 Å². The SMILES string of the molecule is CC(C)CNCCN(C)CC1CCC(C)O1. The Morgan fingerprint density at radius 2 is 2.12 bits per heavy atom. The van der Waals surface area contributed by atoms with E-state index in [9.17, 15) is 0 Å². The maximum Gasteiger partial charge on any atom is 0.0706 e. The van der Waals surface area contributed by atoms with Gasteiger partial charge in [-0.15, -0.1) is 0 Å². The van der Waals surface area contributed by atoms with Crippen LogP contribution in [-0.4, -0.2) is 50.3 Å². The van der Waals surface area contributed by atoms with Crippen molar-refractivity contribution >= 4 is 0 Å². The highest BCUT2D eigenvalue weighted by Gasteiger charge is 2.22. The lowest BCUT2D eigenvalue weighted by Crippen LogP contribution is -2.35. The Balaban J connectivity index is 2.00. The maximum atomic E-state index is 5.81. The zero-order valence-corrected chi connectivity index (χ0v) is 11.3. The van der Waals surface area contributed by atoms with Crippen LogP contribution in [0.5, 0.6) is 0 Å². The van der Waals surface area contributed by atoms with Gasteiger partial charge < -0.3 is 15.0 Å². The Hall–Kier alpha value is -0.120. The van der Waals surface area contributed by atoms with Crippen molar-refractivity contribution in [2.75, 3.05) is 33.2 Å². The van der Waals surface area contributed by atoms with Crippen LogP contribution < -0.4 is 5.32 Å². The lowest BCUT2D eigenvalue weighted by molar-refractivity contribution is 0.0367. The lowest BCUT2D eigenvalue weighted by atomic mass is 10.2. The Morgan fingerprint density at radius 1 is 1.38 bits per heavy atom. The molecular weight excluding hydrogens is 200 g/mol. The fraction of sp³-hybridized carbons (Fsp3) is 1.00. The third-order valence-corrected chi connectivity index (χ3v) is 3.06. The van der Waals surface area contributed by atoms with E-state index in [4.69, 9.17) is 4.74 Å². The first-order valence-corrected chi connectivity index (χ1v) is 6.62. The van der Waals surface area contributed by atoms with Crippen molar-refractivity contribution in [1.29, 1.82) is 0 Å². The molecule has 0 amide bonds. The van der Waals surface area contributed by atoms with Gasteiger partial charge in [-0.2, -0.15) is 0 Å². The third-order valence-electron chi connectivity index (χ3n) is 3.06. The highest BCUT2D eigenvalue weighted by molar-refractivity contribution is 4.73. The number of hydrogen-bond donors (Lipinski definition) is 1. The van der Waals surface area contributed by atoms with E-state index < -0.39 is 0 Å². The predicted octanol–water partition coefficient (Wildman–Crippen LogP) is 1.73. The molecule has 1 aliphatic rings. The van der Waals surface area contributed by atoms with Gasteiger partial charge in [0.05, 0.1) is 12.2 Å². The summed E-state index contributed by atoms with van der Waals surface area (Å²) in [6.07, 6.45) is 3.39. The number of ether oxygens (including phenoxy) is 1. The van der Waals surface area contributed by atoms with Crippen LogP contribution in [0.4, 0.5) is 0 Å². The summed E-state index contributed by atoms with van der Waals surface area (Å²) >= 11 is 0. The van der Waals surface area contributed by atoms with Crippen LogP contribution in [0.2, 0.25) is 0 Å². The number of hydrogen-bond acceptors (Lipinski definition) is 3. The fourth-order valence-corrected chi connectivity index (χ4v) is 2.12. The topological polar surface area (TPSA) is 24.5 Å². The average molecular weight is 228 g/mol. The molecule has 1 saturated heterocycles. The van der Waals surface area contributed by atoms with Crippen molar-refractivity contribution in [3.63, 3.8) is 0 Å². The second-order valence-corrected chi connectivity index (χ2v) is 5.51. The zero-order chi connectivity index (χ0) is 12.0. The number of rotatable bonds is 7. The molecule has 3 nitrogen and oxygen atoms in total. The minimum atomic E-state index is 0.463. The molecule has 1 aliphatic heterocycles. The van der Waals surface area contributed by atoms with Crippen LogP contribution in [0, 0.1) is 5.92 Å².